The summed E-state index contributed by atoms with van der Waals surface area (Å²) < 4.78 is 26.7. The van der Waals surface area contributed by atoms with Crippen molar-refractivity contribution in [1.82, 2.24) is 9.71 Å². The highest BCUT2D eigenvalue weighted by atomic mass is 35.5. The fraction of sp³-hybridized carbons (Fsp3) is 0.182. The van der Waals surface area contributed by atoms with Crippen molar-refractivity contribution >= 4 is 33.0 Å². The van der Waals surface area contributed by atoms with E-state index in [1.165, 1.54) is 29.5 Å². The summed E-state index contributed by atoms with van der Waals surface area (Å²) in [6.07, 6.45) is 1.63. The Balaban J connectivity index is 2.19. The van der Waals surface area contributed by atoms with Gasteiger partial charge in [-0.15, -0.1) is 11.3 Å². The molecular formula is C11H12ClN3O2S2. The van der Waals surface area contributed by atoms with Gasteiger partial charge in [-0.2, -0.15) is 0 Å². The summed E-state index contributed by atoms with van der Waals surface area (Å²) in [5.74, 6) is 0. The molecule has 0 radical (unpaired) electrons. The van der Waals surface area contributed by atoms with Crippen LogP contribution >= 0.6 is 22.9 Å². The first-order valence-electron chi connectivity index (χ1n) is 5.38. The van der Waals surface area contributed by atoms with Crippen LogP contribution in [0.2, 0.25) is 5.02 Å². The third-order valence-corrected chi connectivity index (χ3v) is 5.01. The molecule has 0 bridgehead atoms. The first-order chi connectivity index (χ1) is 9.03. The molecular weight excluding hydrogens is 306 g/mol. The number of rotatable bonds is 5. The Morgan fingerprint density at radius 2 is 2.21 bits per heavy atom. The molecule has 1 aromatic carbocycles. The molecule has 102 valence electrons. The number of nitrogens with zero attached hydrogens (tertiary/aromatic N) is 1. The molecule has 0 fully saturated rings. The summed E-state index contributed by atoms with van der Waals surface area (Å²) in [4.78, 5) is 4.88. The smallest absolute Gasteiger partial charge is 0.240 e. The fourth-order valence-electron chi connectivity index (χ4n) is 1.45. The third-order valence-electron chi connectivity index (χ3n) is 2.47. The van der Waals surface area contributed by atoms with Crippen molar-refractivity contribution in [2.75, 3.05) is 0 Å². The van der Waals surface area contributed by atoms with Crippen LogP contribution in [0.3, 0.4) is 0 Å². The van der Waals surface area contributed by atoms with E-state index in [1.54, 1.807) is 11.7 Å². The number of sulfonamides is 1. The molecule has 0 amide bonds. The zero-order valence-corrected chi connectivity index (χ0v) is 12.2. The molecule has 1 aromatic heterocycles. The molecule has 2 aromatic rings. The molecule has 5 nitrogen and oxygen atoms in total. The number of nitrogens with two attached hydrogens (primary N) is 1. The molecule has 8 heteroatoms. The minimum atomic E-state index is -3.57. The van der Waals surface area contributed by atoms with Gasteiger partial charge in [0.1, 0.15) is 0 Å². The summed E-state index contributed by atoms with van der Waals surface area (Å²) in [7, 11) is -3.57. The van der Waals surface area contributed by atoms with Crippen LogP contribution in [0.25, 0.3) is 0 Å². The van der Waals surface area contributed by atoms with Gasteiger partial charge in [0.25, 0.3) is 0 Å². The molecule has 0 aliphatic heterocycles. The Kier molecular flexibility index (Phi) is 4.54. The van der Waals surface area contributed by atoms with Gasteiger partial charge in [0, 0.05) is 29.2 Å². The maximum Gasteiger partial charge on any atom is 0.240 e. The van der Waals surface area contributed by atoms with Gasteiger partial charge >= 0.3 is 0 Å². The summed E-state index contributed by atoms with van der Waals surface area (Å²) in [6.45, 7) is 0.407. The molecule has 0 aliphatic rings. The standard InChI is InChI=1S/C11H12ClN3O2S2/c12-11-2-1-10(3-8(11)4-13)19(16,17)15-6-9-5-14-7-18-9/h1-3,5,7,15H,4,6,13H2. The Morgan fingerprint density at radius 3 is 2.84 bits per heavy atom. The Morgan fingerprint density at radius 1 is 1.42 bits per heavy atom. The van der Waals surface area contributed by atoms with Crippen molar-refractivity contribution in [1.29, 1.82) is 0 Å². The highest BCUT2D eigenvalue weighted by Crippen LogP contribution is 2.20. The van der Waals surface area contributed by atoms with E-state index >= 15 is 0 Å². The predicted octanol–water partition coefficient (Wildman–Crippen LogP) is 1.73. The molecule has 0 aliphatic carbocycles. The van der Waals surface area contributed by atoms with Crippen LogP contribution < -0.4 is 10.5 Å². The van der Waals surface area contributed by atoms with E-state index < -0.39 is 10.0 Å². The second-order valence-electron chi connectivity index (χ2n) is 3.75. The summed E-state index contributed by atoms with van der Waals surface area (Å²) >= 11 is 7.29. The topological polar surface area (TPSA) is 85.1 Å². The second-order valence-corrected chi connectivity index (χ2v) is 6.89. The maximum absolute atomic E-state index is 12.1. The van der Waals surface area contributed by atoms with Gasteiger partial charge in [-0.25, -0.2) is 13.1 Å². The lowest BCUT2D eigenvalue weighted by Crippen LogP contribution is -2.23. The van der Waals surface area contributed by atoms with Gasteiger partial charge in [0.15, 0.2) is 0 Å². The zero-order valence-electron chi connectivity index (χ0n) is 9.84. The number of thiazole rings is 1. The van der Waals surface area contributed by atoms with E-state index in [0.29, 0.717) is 10.6 Å². The van der Waals surface area contributed by atoms with Gasteiger partial charge in [0.2, 0.25) is 10.0 Å². The Bertz CT molecular complexity index is 657. The van der Waals surface area contributed by atoms with E-state index in [2.05, 4.69) is 9.71 Å². The second kappa shape index (κ2) is 5.98. The summed E-state index contributed by atoms with van der Waals surface area (Å²) in [5, 5.41) is 0.462. The fourth-order valence-corrected chi connectivity index (χ4v) is 3.33. The van der Waals surface area contributed by atoms with Crippen LogP contribution in [0.5, 0.6) is 0 Å². The Labute approximate surface area is 120 Å². The average Bonchev–Trinajstić information content (AvgIpc) is 2.90. The number of benzene rings is 1. The van der Waals surface area contributed by atoms with Crippen LogP contribution in [0.4, 0.5) is 0 Å². The van der Waals surface area contributed by atoms with Crippen molar-refractivity contribution in [3.8, 4) is 0 Å². The van der Waals surface area contributed by atoms with Gasteiger partial charge in [-0.3, -0.25) is 4.98 Å². The van der Waals surface area contributed by atoms with Crippen LogP contribution in [-0.2, 0) is 23.1 Å². The normalized spacial score (nSPS) is 11.7. The van der Waals surface area contributed by atoms with Gasteiger partial charge in [0.05, 0.1) is 10.4 Å². The van der Waals surface area contributed by atoms with Crippen LogP contribution in [0, 0.1) is 0 Å². The zero-order chi connectivity index (χ0) is 13.9. The number of aromatic nitrogens is 1. The molecule has 0 atom stereocenters. The molecule has 19 heavy (non-hydrogen) atoms. The first-order valence-corrected chi connectivity index (χ1v) is 8.12. The van der Waals surface area contributed by atoms with Crippen molar-refractivity contribution in [2.24, 2.45) is 5.73 Å². The number of hydrogen-bond donors (Lipinski definition) is 2. The molecule has 0 unspecified atom stereocenters. The van der Waals surface area contributed by atoms with E-state index in [1.807, 2.05) is 0 Å². The van der Waals surface area contributed by atoms with Crippen molar-refractivity contribution in [3.63, 3.8) is 0 Å². The average molecular weight is 318 g/mol. The molecule has 0 saturated heterocycles. The van der Waals surface area contributed by atoms with Gasteiger partial charge in [-0.1, -0.05) is 11.6 Å². The lowest BCUT2D eigenvalue weighted by atomic mass is 10.2. The first kappa shape index (κ1) is 14.4. The van der Waals surface area contributed by atoms with E-state index in [-0.39, 0.29) is 18.0 Å². The van der Waals surface area contributed by atoms with Crippen molar-refractivity contribution in [2.45, 2.75) is 18.0 Å². The lowest BCUT2D eigenvalue weighted by Gasteiger charge is -2.08. The Hall–Kier alpha value is -0.990. The van der Waals surface area contributed by atoms with E-state index in [4.69, 9.17) is 17.3 Å². The minimum absolute atomic E-state index is 0.155. The SMILES string of the molecule is NCc1cc(S(=O)(=O)NCc2cncs2)ccc1Cl. The van der Waals surface area contributed by atoms with E-state index in [0.717, 1.165) is 4.88 Å². The summed E-state index contributed by atoms with van der Waals surface area (Å²) in [5.41, 5.74) is 7.76. The predicted molar refractivity (Wildman–Crippen MR) is 75.5 cm³/mol. The molecule has 2 rings (SSSR count). The summed E-state index contributed by atoms with van der Waals surface area (Å²) in [6, 6.07) is 4.47. The highest BCUT2D eigenvalue weighted by Gasteiger charge is 2.15. The molecule has 3 N–H and O–H groups in total. The molecule has 0 spiro atoms. The van der Waals surface area contributed by atoms with E-state index in [9.17, 15) is 8.42 Å². The van der Waals surface area contributed by atoms with Crippen LogP contribution in [0.15, 0.2) is 34.8 Å². The molecule has 1 heterocycles. The van der Waals surface area contributed by atoms with Crippen molar-refractivity contribution < 1.29 is 8.42 Å². The largest absolute Gasteiger partial charge is 0.326 e. The number of hydrogen-bond acceptors (Lipinski definition) is 5. The lowest BCUT2D eigenvalue weighted by molar-refractivity contribution is 0.581. The number of nitrogens with one attached hydrogen (secondary N) is 1. The minimum Gasteiger partial charge on any atom is -0.326 e. The maximum atomic E-state index is 12.1. The number of halogens is 1. The van der Waals surface area contributed by atoms with Crippen molar-refractivity contribution in [3.05, 3.63) is 45.4 Å². The van der Waals surface area contributed by atoms with Gasteiger partial charge < -0.3 is 5.73 Å². The quantitative estimate of drug-likeness (QED) is 0.879. The monoisotopic (exact) mass is 317 g/mol. The molecule has 0 saturated carbocycles. The van der Waals surface area contributed by atoms with Crippen LogP contribution in [-0.4, -0.2) is 13.4 Å². The third kappa shape index (κ3) is 3.52. The van der Waals surface area contributed by atoms with Gasteiger partial charge in [-0.05, 0) is 23.8 Å². The highest BCUT2D eigenvalue weighted by molar-refractivity contribution is 7.89. The van der Waals surface area contributed by atoms with Crippen LogP contribution in [0.1, 0.15) is 10.4 Å².